The topological polar surface area (TPSA) is 67.4 Å². The first-order chi connectivity index (χ1) is 16.5. The van der Waals surface area contributed by atoms with Crippen LogP contribution >= 0.6 is 11.8 Å². The molecule has 168 valence electrons. The van der Waals surface area contributed by atoms with Crippen molar-refractivity contribution in [3.63, 3.8) is 0 Å². The number of halogens is 1. The molecule has 2 N–H and O–H groups in total. The number of anilines is 2. The van der Waals surface area contributed by atoms with E-state index >= 15 is 0 Å². The predicted molar refractivity (Wildman–Crippen MR) is 131 cm³/mol. The van der Waals surface area contributed by atoms with Gasteiger partial charge in [-0.3, -0.25) is 9.59 Å². The van der Waals surface area contributed by atoms with Crippen molar-refractivity contribution < 1.29 is 18.7 Å². The lowest BCUT2D eigenvalue weighted by atomic mass is 10.0. The van der Waals surface area contributed by atoms with Crippen LogP contribution in [0.4, 0.5) is 15.8 Å². The molecule has 0 aromatic heterocycles. The standard InChI is InChI=1S/C27H19FN2O3S/c1-33-21-7-3-5-17(13-21)16-4-2-6-20(12-16)29-26(31)18-8-10-25-23(14-18)30-27(32)22-15-19(28)9-11-24(22)34-25/h2-15H,1H3,(H,29,31)(H,30,32). The normalized spacial score (nSPS) is 12.1. The molecule has 0 saturated heterocycles. The maximum absolute atomic E-state index is 13.6. The van der Waals surface area contributed by atoms with Crippen LogP contribution in [-0.4, -0.2) is 18.9 Å². The van der Waals surface area contributed by atoms with Gasteiger partial charge in [-0.2, -0.15) is 0 Å². The van der Waals surface area contributed by atoms with Gasteiger partial charge >= 0.3 is 0 Å². The molecule has 0 unspecified atom stereocenters. The van der Waals surface area contributed by atoms with E-state index in [4.69, 9.17) is 4.74 Å². The third kappa shape index (κ3) is 4.38. The molecule has 7 heteroatoms. The summed E-state index contributed by atoms with van der Waals surface area (Å²) in [4.78, 5) is 27.0. The lowest BCUT2D eigenvalue weighted by Gasteiger charge is -2.11. The summed E-state index contributed by atoms with van der Waals surface area (Å²) in [5.74, 6) is -0.444. The number of ether oxygens (including phenoxy) is 1. The Morgan fingerprint density at radius 3 is 2.50 bits per heavy atom. The van der Waals surface area contributed by atoms with Crippen molar-refractivity contribution in [3.05, 3.63) is 102 Å². The summed E-state index contributed by atoms with van der Waals surface area (Å²) in [6.07, 6.45) is 0. The van der Waals surface area contributed by atoms with Crippen molar-refractivity contribution in [3.8, 4) is 16.9 Å². The van der Waals surface area contributed by atoms with Crippen LogP contribution in [-0.2, 0) is 0 Å². The van der Waals surface area contributed by atoms with Crippen molar-refractivity contribution >= 4 is 35.0 Å². The Bertz CT molecular complexity index is 1440. The average molecular weight is 471 g/mol. The minimum atomic E-state index is -0.475. The number of hydrogen-bond donors (Lipinski definition) is 2. The summed E-state index contributed by atoms with van der Waals surface area (Å²) in [6, 6.07) is 24.4. The zero-order valence-electron chi connectivity index (χ0n) is 18.1. The van der Waals surface area contributed by atoms with Gasteiger partial charge in [0.2, 0.25) is 0 Å². The lowest BCUT2D eigenvalue weighted by molar-refractivity contribution is 0.101. The summed E-state index contributed by atoms with van der Waals surface area (Å²) >= 11 is 1.35. The fraction of sp³-hybridized carbons (Fsp3) is 0.0370. The van der Waals surface area contributed by atoms with E-state index in [1.807, 2.05) is 48.5 Å². The first kappa shape index (κ1) is 21.7. The maximum atomic E-state index is 13.6. The molecule has 4 aromatic rings. The molecule has 0 bridgehead atoms. The smallest absolute Gasteiger partial charge is 0.256 e. The van der Waals surface area contributed by atoms with Crippen LogP contribution < -0.4 is 15.4 Å². The number of nitrogens with one attached hydrogen (secondary N) is 2. The molecule has 1 aliphatic heterocycles. The van der Waals surface area contributed by atoms with E-state index in [9.17, 15) is 14.0 Å². The number of fused-ring (bicyclic) bond motifs is 2. The van der Waals surface area contributed by atoms with Gasteiger partial charge in [-0.05, 0) is 71.8 Å². The zero-order chi connectivity index (χ0) is 23.7. The summed E-state index contributed by atoms with van der Waals surface area (Å²) < 4.78 is 18.9. The van der Waals surface area contributed by atoms with Gasteiger partial charge in [-0.25, -0.2) is 4.39 Å². The second kappa shape index (κ2) is 9.03. The van der Waals surface area contributed by atoms with Gasteiger partial charge in [0.25, 0.3) is 11.8 Å². The highest BCUT2D eigenvalue weighted by molar-refractivity contribution is 7.99. The maximum Gasteiger partial charge on any atom is 0.256 e. The van der Waals surface area contributed by atoms with Crippen molar-refractivity contribution in [1.29, 1.82) is 0 Å². The summed E-state index contributed by atoms with van der Waals surface area (Å²) in [6.45, 7) is 0. The zero-order valence-corrected chi connectivity index (χ0v) is 18.9. The van der Waals surface area contributed by atoms with E-state index in [0.717, 1.165) is 21.8 Å². The van der Waals surface area contributed by atoms with Gasteiger partial charge < -0.3 is 15.4 Å². The van der Waals surface area contributed by atoms with Gasteiger partial charge in [0.1, 0.15) is 11.6 Å². The van der Waals surface area contributed by atoms with Crippen LogP contribution in [0.3, 0.4) is 0 Å². The van der Waals surface area contributed by atoms with Crippen LogP contribution in [0.2, 0.25) is 0 Å². The summed E-state index contributed by atoms with van der Waals surface area (Å²) in [5.41, 5.74) is 3.71. The Hall–Kier alpha value is -4.10. The number of rotatable bonds is 4. The largest absolute Gasteiger partial charge is 0.497 e. The highest BCUT2D eigenvalue weighted by Crippen LogP contribution is 2.39. The van der Waals surface area contributed by atoms with Crippen LogP contribution in [0, 0.1) is 5.82 Å². The first-order valence-electron chi connectivity index (χ1n) is 10.5. The van der Waals surface area contributed by atoms with Crippen molar-refractivity contribution in [2.75, 3.05) is 17.7 Å². The van der Waals surface area contributed by atoms with Gasteiger partial charge in [0.15, 0.2) is 0 Å². The second-order valence-corrected chi connectivity index (χ2v) is 8.76. The number of benzene rings is 4. The molecule has 2 amide bonds. The Morgan fingerprint density at radius 2 is 1.68 bits per heavy atom. The highest BCUT2D eigenvalue weighted by Gasteiger charge is 2.21. The van der Waals surface area contributed by atoms with Gasteiger partial charge in [0, 0.05) is 21.0 Å². The quantitative estimate of drug-likeness (QED) is 0.359. The summed E-state index contributed by atoms with van der Waals surface area (Å²) in [7, 11) is 1.62. The molecule has 0 aliphatic carbocycles. The number of methoxy groups -OCH3 is 1. The van der Waals surface area contributed by atoms with E-state index < -0.39 is 11.7 Å². The number of hydrogen-bond acceptors (Lipinski definition) is 4. The van der Waals surface area contributed by atoms with E-state index in [2.05, 4.69) is 10.6 Å². The molecule has 1 heterocycles. The first-order valence-corrected chi connectivity index (χ1v) is 11.3. The minimum Gasteiger partial charge on any atom is -0.497 e. The van der Waals surface area contributed by atoms with Gasteiger partial charge in [-0.15, -0.1) is 0 Å². The van der Waals surface area contributed by atoms with E-state index in [0.29, 0.717) is 21.8 Å². The van der Waals surface area contributed by atoms with Crippen molar-refractivity contribution in [1.82, 2.24) is 0 Å². The molecule has 0 saturated carbocycles. The number of carbonyl (C=O) groups is 2. The highest BCUT2D eigenvalue weighted by atomic mass is 32.2. The molecular weight excluding hydrogens is 451 g/mol. The van der Waals surface area contributed by atoms with Crippen LogP contribution in [0.5, 0.6) is 5.75 Å². The summed E-state index contributed by atoms with van der Waals surface area (Å²) in [5, 5.41) is 5.70. The lowest BCUT2D eigenvalue weighted by Crippen LogP contribution is -2.14. The van der Waals surface area contributed by atoms with Gasteiger partial charge in [-0.1, -0.05) is 36.0 Å². The SMILES string of the molecule is COc1cccc(-c2cccc(NC(=O)c3ccc4c(c3)NC(=O)c3cc(F)ccc3S4)c2)c1. The van der Waals surface area contributed by atoms with E-state index in [1.54, 1.807) is 31.4 Å². The molecule has 5 rings (SSSR count). The molecule has 1 aliphatic rings. The Labute approximate surface area is 200 Å². The Balaban J connectivity index is 1.38. The molecule has 0 spiro atoms. The van der Waals surface area contributed by atoms with Crippen molar-refractivity contribution in [2.24, 2.45) is 0 Å². The molecule has 0 atom stereocenters. The van der Waals surface area contributed by atoms with E-state index in [-0.39, 0.29) is 11.5 Å². The minimum absolute atomic E-state index is 0.265. The molecule has 5 nitrogen and oxygen atoms in total. The molecular formula is C27H19FN2O3S. The predicted octanol–water partition coefficient (Wildman–Crippen LogP) is 6.47. The molecule has 0 fully saturated rings. The molecule has 4 aromatic carbocycles. The van der Waals surface area contributed by atoms with Crippen molar-refractivity contribution in [2.45, 2.75) is 9.79 Å². The Morgan fingerprint density at radius 1 is 0.912 bits per heavy atom. The fourth-order valence-corrected chi connectivity index (χ4v) is 4.71. The molecule has 34 heavy (non-hydrogen) atoms. The van der Waals surface area contributed by atoms with Crippen LogP contribution in [0.1, 0.15) is 20.7 Å². The average Bonchev–Trinajstić information content (AvgIpc) is 2.99. The second-order valence-electron chi connectivity index (χ2n) is 7.67. The number of amides is 2. The third-order valence-electron chi connectivity index (χ3n) is 5.42. The van der Waals surface area contributed by atoms with Gasteiger partial charge in [0.05, 0.1) is 18.4 Å². The van der Waals surface area contributed by atoms with E-state index in [1.165, 1.54) is 23.9 Å². The fourth-order valence-electron chi connectivity index (χ4n) is 3.72. The molecule has 0 radical (unpaired) electrons. The number of carbonyl (C=O) groups excluding carboxylic acids is 2. The monoisotopic (exact) mass is 470 g/mol. The third-order valence-corrected chi connectivity index (χ3v) is 6.57. The van der Waals surface area contributed by atoms with Crippen LogP contribution in [0.25, 0.3) is 11.1 Å². The Kier molecular flexibility index (Phi) is 5.77. The van der Waals surface area contributed by atoms with Crippen LogP contribution in [0.15, 0.2) is 94.7 Å².